The molecule has 1 aromatic heterocycles. The molecule has 0 aliphatic heterocycles. The second kappa shape index (κ2) is 7.08. The third-order valence-corrected chi connectivity index (χ3v) is 3.71. The predicted molar refractivity (Wildman–Crippen MR) is 83.4 cm³/mol. The molecule has 112 valence electrons. The van der Waals surface area contributed by atoms with Gasteiger partial charge in [-0.1, -0.05) is 12.1 Å². The van der Waals surface area contributed by atoms with Gasteiger partial charge in [-0.2, -0.15) is 0 Å². The summed E-state index contributed by atoms with van der Waals surface area (Å²) in [4.78, 5) is 14.8. The van der Waals surface area contributed by atoms with Crippen LogP contribution in [0.5, 0.6) is 5.75 Å². The molecule has 0 saturated carbocycles. The van der Waals surface area contributed by atoms with Gasteiger partial charge in [0.2, 0.25) is 0 Å². The number of ether oxygens (including phenoxy) is 1. The van der Waals surface area contributed by atoms with E-state index in [2.05, 4.69) is 16.4 Å². The van der Waals surface area contributed by atoms with Gasteiger partial charge < -0.3 is 15.2 Å². The first kappa shape index (κ1) is 15.3. The zero-order valence-electron chi connectivity index (χ0n) is 12.0. The number of carboxylic acids is 1. The molecular formula is C15H18N2O3S. The largest absolute Gasteiger partial charge is 0.491 e. The van der Waals surface area contributed by atoms with Gasteiger partial charge in [-0.25, -0.2) is 4.98 Å². The summed E-state index contributed by atoms with van der Waals surface area (Å²) in [7, 11) is 0. The Morgan fingerprint density at radius 2 is 2.24 bits per heavy atom. The van der Waals surface area contributed by atoms with Gasteiger partial charge in [-0.15, -0.1) is 11.3 Å². The zero-order valence-corrected chi connectivity index (χ0v) is 12.9. The number of thiazole rings is 1. The van der Waals surface area contributed by atoms with Gasteiger partial charge in [0.15, 0.2) is 5.13 Å². The summed E-state index contributed by atoms with van der Waals surface area (Å²) < 4.78 is 5.73. The van der Waals surface area contributed by atoms with E-state index >= 15 is 0 Å². The van der Waals surface area contributed by atoms with Crippen molar-refractivity contribution >= 4 is 22.4 Å². The van der Waals surface area contributed by atoms with Crippen LogP contribution < -0.4 is 10.1 Å². The molecule has 0 radical (unpaired) electrons. The van der Waals surface area contributed by atoms with E-state index in [4.69, 9.17) is 9.84 Å². The van der Waals surface area contributed by atoms with Crippen LogP contribution in [0, 0.1) is 13.8 Å². The fourth-order valence-corrected chi connectivity index (χ4v) is 2.55. The topological polar surface area (TPSA) is 71.5 Å². The van der Waals surface area contributed by atoms with E-state index in [1.54, 1.807) is 5.38 Å². The molecule has 1 heterocycles. The van der Waals surface area contributed by atoms with Crippen molar-refractivity contribution in [2.24, 2.45) is 0 Å². The number of carbonyl (C=O) groups is 1. The minimum atomic E-state index is -0.870. The lowest BCUT2D eigenvalue weighted by Crippen LogP contribution is -2.12. The smallest absolute Gasteiger partial charge is 0.309 e. The van der Waals surface area contributed by atoms with Crippen LogP contribution in [0.1, 0.15) is 16.8 Å². The molecular weight excluding hydrogens is 288 g/mol. The maximum atomic E-state index is 10.6. The van der Waals surface area contributed by atoms with Gasteiger partial charge in [0.1, 0.15) is 12.4 Å². The Morgan fingerprint density at radius 3 is 3.00 bits per heavy atom. The average molecular weight is 306 g/mol. The summed E-state index contributed by atoms with van der Waals surface area (Å²) >= 11 is 1.40. The predicted octanol–water partition coefficient (Wildman–Crippen LogP) is 2.88. The number of hydrogen-bond donors (Lipinski definition) is 2. The standard InChI is InChI=1S/C15H18N2O3S/c1-10-3-4-11(2)13(7-10)20-6-5-16-15-17-12(9-21-15)8-14(18)19/h3-4,7,9H,5-6,8H2,1-2H3,(H,16,17)(H,18,19). The van der Waals surface area contributed by atoms with Crippen LogP contribution in [-0.4, -0.2) is 29.2 Å². The molecule has 0 atom stereocenters. The van der Waals surface area contributed by atoms with Crippen molar-refractivity contribution in [2.75, 3.05) is 18.5 Å². The van der Waals surface area contributed by atoms with Crippen LogP contribution in [0.25, 0.3) is 0 Å². The summed E-state index contributed by atoms with van der Waals surface area (Å²) in [5, 5.41) is 14.3. The minimum absolute atomic E-state index is 0.0445. The summed E-state index contributed by atoms with van der Waals surface area (Å²) in [6, 6.07) is 6.11. The molecule has 5 nitrogen and oxygen atoms in total. The second-order valence-corrected chi connectivity index (χ2v) is 5.62. The van der Waals surface area contributed by atoms with Crippen LogP contribution in [0.2, 0.25) is 0 Å². The highest BCUT2D eigenvalue weighted by Crippen LogP contribution is 2.19. The Labute approximate surface area is 127 Å². The number of nitrogens with one attached hydrogen (secondary N) is 1. The first-order valence-corrected chi connectivity index (χ1v) is 7.52. The summed E-state index contributed by atoms with van der Waals surface area (Å²) in [6.07, 6.45) is -0.0445. The van der Waals surface area contributed by atoms with Crippen molar-refractivity contribution in [3.05, 3.63) is 40.4 Å². The van der Waals surface area contributed by atoms with Crippen LogP contribution in [0.3, 0.4) is 0 Å². The fraction of sp³-hybridized carbons (Fsp3) is 0.333. The van der Waals surface area contributed by atoms with Crippen molar-refractivity contribution in [1.82, 2.24) is 4.98 Å². The first-order valence-electron chi connectivity index (χ1n) is 6.64. The molecule has 0 bridgehead atoms. The van der Waals surface area contributed by atoms with Crippen molar-refractivity contribution in [3.8, 4) is 5.75 Å². The lowest BCUT2D eigenvalue weighted by Gasteiger charge is -2.10. The van der Waals surface area contributed by atoms with Gasteiger partial charge in [0.05, 0.1) is 18.7 Å². The van der Waals surface area contributed by atoms with E-state index in [-0.39, 0.29) is 6.42 Å². The highest BCUT2D eigenvalue weighted by Gasteiger charge is 2.06. The van der Waals surface area contributed by atoms with E-state index in [1.165, 1.54) is 16.9 Å². The van der Waals surface area contributed by atoms with Crippen molar-refractivity contribution in [2.45, 2.75) is 20.3 Å². The molecule has 2 N–H and O–H groups in total. The number of aromatic nitrogens is 1. The molecule has 0 aliphatic rings. The van der Waals surface area contributed by atoms with E-state index in [0.29, 0.717) is 18.8 Å². The third kappa shape index (κ3) is 4.75. The van der Waals surface area contributed by atoms with Gasteiger partial charge in [-0.3, -0.25) is 4.79 Å². The molecule has 1 aromatic carbocycles. The molecule has 0 spiro atoms. The summed E-state index contributed by atoms with van der Waals surface area (Å²) in [6.45, 7) is 5.19. The third-order valence-electron chi connectivity index (χ3n) is 2.86. The number of aryl methyl sites for hydroxylation is 2. The minimum Gasteiger partial charge on any atom is -0.491 e. The maximum Gasteiger partial charge on any atom is 0.309 e. The second-order valence-electron chi connectivity index (χ2n) is 4.76. The average Bonchev–Trinajstić information content (AvgIpc) is 2.85. The van der Waals surface area contributed by atoms with Crippen LogP contribution in [0.4, 0.5) is 5.13 Å². The molecule has 0 aliphatic carbocycles. The Bertz CT molecular complexity index is 625. The zero-order chi connectivity index (χ0) is 15.2. The quantitative estimate of drug-likeness (QED) is 0.770. The maximum absolute atomic E-state index is 10.6. The summed E-state index contributed by atoms with van der Waals surface area (Å²) in [5.41, 5.74) is 2.85. The van der Waals surface area contributed by atoms with E-state index in [1.807, 2.05) is 26.0 Å². The van der Waals surface area contributed by atoms with Crippen LogP contribution >= 0.6 is 11.3 Å². The number of hydrogen-bond acceptors (Lipinski definition) is 5. The molecule has 0 saturated heterocycles. The molecule has 0 fully saturated rings. The van der Waals surface area contributed by atoms with Gasteiger partial charge in [0, 0.05) is 5.38 Å². The van der Waals surface area contributed by atoms with Crippen LogP contribution in [-0.2, 0) is 11.2 Å². The summed E-state index contributed by atoms with van der Waals surface area (Å²) in [5.74, 6) is 0.0209. The number of aliphatic carboxylic acids is 1. The van der Waals surface area contributed by atoms with Crippen molar-refractivity contribution in [1.29, 1.82) is 0 Å². The number of rotatable bonds is 7. The SMILES string of the molecule is Cc1ccc(C)c(OCCNc2nc(CC(=O)O)cs2)c1. The number of nitrogens with zero attached hydrogens (tertiary/aromatic N) is 1. The van der Waals surface area contributed by atoms with Crippen LogP contribution in [0.15, 0.2) is 23.6 Å². The monoisotopic (exact) mass is 306 g/mol. The molecule has 2 aromatic rings. The number of anilines is 1. The lowest BCUT2D eigenvalue weighted by molar-refractivity contribution is -0.136. The fourth-order valence-electron chi connectivity index (χ4n) is 1.81. The number of benzene rings is 1. The molecule has 21 heavy (non-hydrogen) atoms. The lowest BCUT2D eigenvalue weighted by atomic mass is 10.1. The van der Waals surface area contributed by atoms with Gasteiger partial charge >= 0.3 is 5.97 Å². The van der Waals surface area contributed by atoms with Gasteiger partial charge in [-0.05, 0) is 31.0 Å². The first-order chi connectivity index (χ1) is 10.0. The van der Waals surface area contributed by atoms with Crippen molar-refractivity contribution in [3.63, 3.8) is 0 Å². The Morgan fingerprint density at radius 1 is 1.43 bits per heavy atom. The number of carboxylic acid groups (broad SMARTS) is 1. The Balaban J connectivity index is 1.78. The Kier molecular flexibility index (Phi) is 5.16. The van der Waals surface area contributed by atoms with E-state index in [9.17, 15) is 4.79 Å². The highest BCUT2D eigenvalue weighted by atomic mass is 32.1. The van der Waals surface area contributed by atoms with Crippen molar-refractivity contribution < 1.29 is 14.6 Å². The molecule has 0 unspecified atom stereocenters. The van der Waals surface area contributed by atoms with Gasteiger partial charge in [0.25, 0.3) is 0 Å². The van der Waals surface area contributed by atoms with E-state index < -0.39 is 5.97 Å². The Hall–Kier alpha value is -2.08. The highest BCUT2D eigenvalue weighted by molar-refractivity contribution is 7.13. The van der Waals surface area contributed by atoms with E-state index in [0.717, 1.165) is 16.4 Å². The molecule has 6 heteroatoms. The normalized spacial score (nSPS) is 10.4. The molecule has 2 rings (SSSR count). The molecule has 0 amide bonds.